The molecule has 1 saturated carbocycles. The van der Waals surface area contributed by atoms with E-state index in [1.54, 1.807) is 32.4 Å². The van der Waals surface area contributed by atoms with Crippen molar-refractivity contribution in [3.8, 4) is 17.6 Å². The fraction of sp³-hybridized carbons (Fsp3) is 0.588. The van der Waals surface area contributed by atoms with Crippen molar-refractivity contribution < 1.29 is 14.6 Å². The Kier molecular flexibility index (Phi) is 5.08. The number of aliphatic hydroxyl groups excluding tert-OH is 1. The summed E-state index contributed by atoms with van der Waals surface area (Å²) in [5, 5.41) is 20.5. The van der Waals surface area contributed by atoms with Crippen LogP contribution in [0.1, 0.15) is 50.2 Å². The molecule has 0 bridgehead atoms. The Morgan fingerprint density at radius 1 is 1.05 bits per heavy atom. The van der Waals surface area contributed by atoms with E-state index in [0.29, 0.717) is 17.1 Å². The van der Waals surface area contributed by atoms with Gasteiger partial charge < -0.3 is 14.6 Å². The third-order valence-electron chi connectivity index (χ3n) is 4.43. The average molecular weight is 289 g/mol. The zero-order valence-electron chi connectivity index (χ0n) is 12.8. The lowest BCUT2D eigenvalue weighted by Gasteiger charge is -2.31. The van der Waals surface area contributed by atoms with Crippen molar-refractivity contribution in [2.75, 3.05) is 14.2 Å². The number of ether oxygens (including phenoxy) is 2. The van der Waals surface area contributed by atoms with Gasteiger partial charge in [-0.3, -0.25) is 0 Å². The number of methoxy groups -OCH3 is 2. The Labute approximate surface area is 126 Å². The Morgan fingerprint density at radius 3 is 2.00 bits per heavy atom. The highest BCUT2D eigenvalue weighted by Gasteiger charge is 2.39. The number of rotatable bonds is 4. The zero-order valence-corrected chi connectivity index (χ0v) is 12.8. The van der Waals surface area contributed by atoms with E-state index in [4.69, 9.17) is 9.47 Å². The second kappa shape index (κ2) is 6.82. The summed E-state index contributed by atoms with van der Waals surface area (Å²) in [6.07, 6.45) is 4.92. The molecule has 1 atom stereocenters. The smallest absolute Gasteiger partial charge is 0.122 e. The van der Waals surface area contributed by atoms with E-state index in [9.17, 15) is 10.4 Å². The SMILES string of the molecule is COc1cc(OC)cc(C(O)C2(C#N)CCCCCC2)c1. The van der Waals surface area contributed by atoms with Crippen LogP contribution in [-0.2, 0) is 0 Å². The maximum absolute atomic E-state index is 10.8. The quantitative estimate of drug-likeness (QED) is 0.860. The van der Waals surface area contributed by atoms with Gasteiger partial charge in [-0.2, -0.15) is 5.26 Å². The Hall–Kier alpha value is -1.73. The fourth-order valence-corrected chi connectivity index (χ4v) is 3.11. The standard InChI is InChI=1S/C17H23NO3/c1-20-14-9-13(10-15(11-14)21-2)16(19)17(12-18)7-5-3-4-6-8-17/h9-11,16,19H,3-8H2,1-2H3. The van der Waals surface area contributed by atoms with Gasteiger partial charge in [-0.1, -0.05) is 25.7 Å². The Morgan fingerprint density at radius 2 is 1.57 bits per heavy atom. The van der Waals surface area contributed by atoms with Gasteiger partial charge >= 0.3 is 0 Å². The molecule has 4 heteroatoms. The largest absolute Gasteiger partial charge is 0.497 e. The third-order valence-corrected chi connectivity index (χ3v) is 4.43. The van der Waals surface area contributed by atoms with E-state index in [0.717, 1.165) is 38.5 Å². The summed E-state index contributed by atoms with van der Waals surface area (Å²) in [5.74, 6) is 1.26. The fourth-order valence-electron chi connectivity index (χ4n) is 3.11. The van der Waals surface area contributed by atoms with Crippen LogP contribution in [0.3, 0.4) is 0 Å². The lowest BCUT2D eigenvalue weighted by Crippen LogP contribution is -2.27. The summed E-state index contributed by atoms with van der Waals surface area (Å²) < 4.78 is 10.5. The monoisotopic (exact) mass is 289 g/mol. The molecule has 0 aliphatic heterocycles. The zero-order chi connectivity index (χ0) is 15.3. The highest BCUT2D eigenvalue weighted by molar-refractivity contribution is 5.40. The number of hydrogen-bond acceptors (Lipinski definition) is 4. The summed E-state index contributed by atoms with van der Waals surface area (Å²) >= 11 is 0. The van der Waals surface area contributed by atoms with Gasteiger partial charge in [-0.15, -0.1) is 0 Å². The second-order valence-electron chi connectivity index (χ2n) is 5.73. The van der Waals surface area contributed by atoms with Crippen LogP contribution < -0.4 is 9.47 Å². The summed E-state index contributed by atoms with van der Waals surface area (Å²) in [5.41, 5.74) is -0.0110. The normalized spacial score (nSPS) is 19.1. The molecule has 1 fully saturated rings. The third kappa shape index (κ3) is 3.30. The topological polar surface area (TPSA) is 62.5 Å². The lowest BCUT2D eigenvalue weighted by atomic mass is 9.74. The molecular formula is C17H23NO3. The van der Waals surface area contributed by atoms with Gasteiger partial charge in [0.2, 0.25) is 0 Å². The van der Waals surface area contributed by atoms with Crippen LogP contribution in [0, 0.1) is 16.7 Å². The molecule has 1 N–H and O–H groups in total. The van der Waals surface area contributed by atoms with E-state index in [-0.39, 0.29) is 0 Å². The van der Waals surface area contributed by atoms with Gasteiger partial charge in [-0.05, 0) is 30.5 Å². The van der Waals surface area contributed by atoms with E-state index in [1.165, 1.54) is 0 Å². The molecule has 4 nitrogen and oxygen atoms in total. The van der Waals surface area contributed by atoms with Gasteiger partial charge in [0.1, 0.15) is 11.5 Å². The Bertz CT molecular complexity index is 491. The van der Waals surface area contributed by atoms with Crippen LogP contribution in [-0.4, -0.2) is 19.3 Å². The minimum Gasteiger partial charge on any atom is -0.497 e. The van der Waals surface area contributed by atoms with Crippen molar-refractivity contribution in [2.24, 2.45) is 5.41 Å². The van der Waals surface area contributed by atoms with Crippen LogP contribution in [0.15, 0.2) is 18.2 Å². The summed E-state index contributed by atoms with van der Waals surface area (Å²) in [7, 11) is 3.16. The molecular weight excluding hydrogens is 266 g/mol. The van der Waals surface area contributed by atoms with Crippen LogP contribution in [0.5, 0.6) is 11.5 Å². The van der Waals surface area contributed by atoms with E-state index in [2.05, 4.69) is 6.07 Å². The number of nitriles is 1. The molecule has 0 amide bonds. The minimum atomic E-state index is -0.815. The molecule has 1 unspecified atom stereocenters. The average Bonchev–Trinajstić information content (AvgIpc) is 2.80. The highest BCUT2D eigenvalue weighted by atomic mass is 16.5. The van der Waals surface area contributed by atoms with Gasteiger partial charge in [0.25, 0.3) is 0 Å². The van der Waals surface area contributed by atoms with Crippen LogP contribution >= 0.6 is 0 Å². The first-order valence-corrected chi connectivity index (χ1v) is 7.47. The minimum absolute atomic E-state index is 0.630. The molecule has 114 valence electrons. The Balaban J connectivity index is 2.36. The van der Waals surface area contributed by atoms with E-state index < -0.39 is 11.5 Å². The molecule has 1 aliphatic carbocycles. The first kappa shape index (κ1) is 15.7. The first-order valence-electron chi connectivity index (χ1n) is 7.47. The predicted molar refractivity (Wildman–Crippen MR) is 80.3 cm³/mol. The molecule has 0 heterocycles. The molecule has 2 rings (SSSR count). The number of benzene rings is 1. The number of aliphatic hydroxyl groups is 1. The van der Waals surface area contributed by atoms with Crippen LogP contribution in [0.25, 0.3) is 0 Å². The second-order valence-corrected chi connectivity index (χ2v) is 5.73. The molecule has 0 saturated heterocycles. The predicted octanol–water partition coefficient (Wildman–Crippen LogP) is 3.60. The van der Waals surface area contributed by atoms with Crippen molar-refractivity contribution in [3.05, 3.63) is 23.8 Å². The molecule has 1 aliphatic rings. The maximum atomic E-state index is 10.8. The summed E-state index contributed by atoms with van der Waals surface area (Å²) in [6.45, 7) is 0. The van der Waals surface area contributed by atoms with Crippen molar-refractivity contribution in [3.63, 3.8) is 0 Å². The van der Waals surface area contributed by atoms with Crippen LogP contribution in [0.4, 0.5) is 0 Å². The number of hydrogen-bond donors (Lipinski definition) is 1. The maximum Gasteiger partial charge on any atom is 0.122 e. The molecule has 0 radical (unpaired) electrons. The van der Waals surface area contributed by atoms with Gasteiger partial charge in [0, 0.05) is 6.07 Å². The molecule has 1 aromatic rings. The lowest BCUT2D eigenvalue weighted by molar-refractivity contribution is 0.0513. The van der Waals surface area contributed by atoms with Crippen molar-refractivity contribution in [2.45, 2.75) is 44.6 Å². The summed E-state index contributed by atoms with van der Waals surface area (Å²) in [4.78, 5) is 0. The number of nitrogens with zero attached hydrogens (tertiary/aromatic N) is 1. The molecule has 21 heavy (non-hydrogen) atoms. The summed E-state index contributed by atoms with van der Waals surface area (Å²) in [6, 6.07) is 7.74. The van der Waals surface area contributed by atoms with E-state index in [1.807, 2.05) is 0 Å². The van der Waals surface area contributed by atoms with E-state index >= 15 is 0 Å². The van der Waals surface area contributed by atoms with Crippen molar-refractivity contribution >= 4 is 0 Å². The van der Waals surface area contributed by atoms with Crippen molar-refractivity contribution in [1.82, 2.24) is 0 Å². The molecule has 1 aromatic carbocycles. The van der Waals surface area contributed by atoms with Crippen LogP contribution in [0.2, 0.25) is 0 Å². The molecule has 0 aromatic heterocycles. The van der Waals surface area contributed by atoms with Gasteiger partial charge in [0.05, 0.1) is 31.8 Å². The highest BCUT2D eigenvalue weighted by Crippen LogP contribution is 2.45. The first-order chi connectivity index (χ1) is 10.1. The molecule has 0 spiro atoms. The van der Waals surface area contributed by atoms with Crippen molar-refractivity contribution in [1.29, 1.82) is 5.26 Å². The van der Waals surface area contributed by atoms with Gasteiger partial charge in [-0.25, -0.2) is 0 Å². The van der Waals surface area contributed by atoms with Gasteiger partial charge in [0.15, 0.2) is 0 Å².